The van der Waals surface area contributed by atoms with Gasteiger partial charge in [-0.1, -0.05) is 6.07 Å². The molecule has 0 aliphatic rings. The highest BCUT2D eigenvalue weighted by Crippen LogP contribution is 2.24. The first-order chi connectivity index (χ1) is 8.70. The van der Waals surface area contributed by atoms with E-state index in [2.05, 4.69) is 44.3 Å². The van der Waals surface area contributed by atoms with Crippen LogP contribution in [0.4, 0.5) is 0 Å². The van der Waals surface area contributed by atoms with Gasteiger partial charge in [-0.2, -0.15) is 0 Å². The summed E-state index contributed by atoms with van der Waals surface area (Å²) in [6.45, 7) is 1.45. The fraction of sp³-hybridized carbons (Fsp3) is 0.308. The molecule has 2 N–H and O–H groups in total. The zero-order valence-corrected chi connectivity index (χ0v) is 12.6. The predicted molar refractivity (Wildman–Crippen MR) is 79.5 cm³/mol. The van der Waals surface area contributed by atoms with Crippen molar-refractivity contribution in [3.05, 3.63) is 50.9 Å². The van der Waals surface area contributed by atoms with E-state index >= 15 is 0 Å². The van der Waals surface area contributed by atoms with E-state index in [0.717, 1.165) is 16.7 Å². The SMILES string of the molecule is CN(Cc1cc(Br)cs1)C(CN)c1ccccn1. The molecular formula is C13H16BrN3S. The monoisotopic (exact) mass is 325 g/mol. The molecule has 18 heavy (non-hydrogen) atoms. The average Bonchev–Trinajstić information content (AvgIpc) is 2.77. The van der Waals surface area contributed by atoms with Crippen LogP contribution in [0.5, 0.6) is 0 Å². The Labute approximate surface area is 120 Å². The van der Waals surface area contributed by atoms with Gasteiger partial charge in [-0.25, -0.2) is 0 Å². The molecule has 2 heterocycles. The largest absolute Gasteiger partial charge is 0.329 e. The molecule has 0 saturated heterocycles. The van der Waals surface area contributed by atoms with Gasteiger partial charge in [-0.3, -0.25) is 9.88 Å². The van der Waals surface area contributed by atoms with E-state index in [1.165, 1.54) is 4.88 Å². The van der Waals surface area contributed by atoms with Gasteiger partial charge in [0.05, 0.1) is 11.7 Å². The normalized spacial score (nSPS) is 12.9. The molecule has 0 aromatic carbocycles. The second kappa shape index (κ2) is 6.43. The maximum absolute atomic E-state index is 5.88. The lowest BCUT2D eigenvalue weighted by Crippen LogP contribution is -2.30. The summed E-state index contributed by atoms with van der Waals surface area (Å²) < 4.78 is 1.14. The number of thiophene rings is 1. The van der Waals surface area contributed by atoms with E-state index < -0.39 is 0 Å². The van der Waals surface area contributed by atoms with Crippen molar-refractivity contribution in [1.29, 1.82) is 0 Å². The molecular weight excluding hydrogens is 310 g/mol. The maximum atomic E-state index is 5.88. The van der Waals surface area contributed by atoms with Crippen LogP contribution in [0.2, 0.25) is 0 Å². The Morgan fingerprint density at radius 2 is 2.33 bits per heavy atom. The molecule has 3 nitrogen and oxygen atoms in total. The van der Waals surface area contributed by atoms with Gasteiger partial charge in [0, 0.05) is 34.0 Å². The lowest BCUT2D eigenvalue weighted by atomic mass is 10.1. The molecule has 2 rings (SSSR count). The van der Waals surface area contributed by atoms with Gasteiger partial charge in [0.15, 0.2) is 0 Å². The molecule has 0 amide bonds. The molecule has 0 fully saturated rings. The van der Waals surface area contributed by atoms with Crippen LogP contribution in [0.1, 0.15) is 16.6 Å². The zero-order valence-electron chi connectivity index (χ0n) is 10.2. The van der Waals surface area contributed by atoms with Crippen molar-refractivity contribution in [3.63, 3.8) is 0 Å². The van der Waals surface area contributed by atoms with E-state index in [0.29, 0.717) is 6.54 Å². The van der Waals surface area contributed by atoms with Gasteiger partial charge >= 0.3 is 0 Å². The van der Waals surface area contributed by atoms with E-state index in [-0.39, 0.29) is 6.04 Å². The second-order valence-electron chi connectivity index (χ2n) is 4.15. The van der Waals surface area contributed by atoms with Crippen molar-refractivity contribution in [3.8, 4) is 0 Å². The van der Waals surface area contributed by atoms with E-state index in [4.69, 9.17) is 5.73 Å². The molecule has 0 aliphatic carbocycles. The van der Waals surface area contributed by atoms with Gasteiger partial charge < -0.3 is 5.73 Å². The summed E-state index contributed by atoms with van der Waals surface area (Å²) in [6.07, 6.45) is 1.81. The first-order valence-corrected chi connectivity index (χ1v) is 7.42. The van der Waals surface area contributed by atoms with Crippen molar-refractivity contribution in [1.82, 2.24) is 9.88 Å². The van der Waals surface area contributed by atoms with Gasteiger partial charge in [-0.05, 0) is 41.2 Å². The highest BCUT2D eigenvalue weighted by atomic mass is 79.9. The topological polar surface area (TPSA) is 42.1 Å². The molecule has 0 bridgehead atoms. The third-order valence-corrected chi connectivity index (χ3v) is 4.49. The highest BCUT2D eigenvalue weighted by molar-refractivity contribution is 9.10. The second-order valence-corrected chi connectivity index (χ2v) is 6.06. The number of nitrogens with zero attached hydrogens (tertiary/aromatic N) is 2. The molecule has 0 saturated carbocycles. The number of likely N-dealkylation sites (N-methyl/N-ethyl adjacent to an activating group) is 1. The predicted octanol–water partition coefficient (Wildman–Crippen LogP) is 3.04. The summed E-state index contributed by atoms with van der Waals surface area (Å²) in [5.41, 5.74) is 6.90. The molecule has 0 spiro atoms. The van der Waals surface area contributed by atoms with Crippen LogP contribution in [0.15, 0.2) is 40.3 Å². The van der Waals surface area contributed by atoms with Crippen LogP contribution >= 0.6 is 27.3 Å². The first kappa shape index (κ1) is 13.7. The number of pyridine rings is 1. The van der Waals surface area contributed by atoms with Crippen LogP contribution in [0, 0.1) is 0 Å². The molecule has 0 aliphatic heterocycles. The summed E-state index contributed by atoms with van der Waals surface area (Å²) >= 11 is 5.23. The smallest absolute Gasteiger partial charge is 0.0645 e. The molecule has 96 valence electrons. The highest BCUT2D eigenvalue weighted by Gasteiger charge is 2.17. The average molecular weight is 326 g/mol. The standard InChI is InChI=1S/C13H16BrN3S/c1-17(8-11-6-10(14)9-18-11)13(7-15)12-4-2-3-5-16-12/h2-6,9,13H,7-8,15H2,1H3. The van der Waals surface area contributed by atoms with Crippen LogP contribution in [-0.4, -0.2) is 23.5 Å². The Bertz CT molecular complexity index is 486. The first-order valence-electron chi connectivity index (χ1n) is 5.75. The summed E-state index contributed by atoms with van der Waals surface area (Å²) in [5.74, 6) is 0. The van der Waals surface area contributed by atoms with Gasteiger partial charge in [0.2, 0.25) is 0 Å². The van der Waals surface area contributed by atoms with Crippen LogP contribution < -0.4 is 5.73 Å². The third kappa shape index (κ3) is 3.38. The number of halogens is 1. The van der Waals surface area contributed by atoms with Crippen molar-refractivity contribution in [2.24, 2.45) is 5.73 Å². The maximum Gasteiger partial charge on any atom is 0.0645 e. The Morgan fingerprint density at radius 1 is 1.50 bits per heavy atom. The van der Waals surface area contributed by atoms with E-state index in [9.17, 15) is 0 Å². The minimum atomic E-state index is 0.159. The summed E-state index contributed by atoms with van der Waals surface area (Å²) in [4.78, 5) is 7.95. The van der Waals surface area contributed by atoms with Crippen molar-refractivity contribution in [2.45, 2.75) is 12.6 Å². The van der Waals surface area contributed by atoms with Gasteiger partial charge in [0.1, 0.15) is 0 Å². The summed E-state index contributed by atoms with van der Waals surface area (Å²) in [6, 6.07) is 8.26. The number of hydrogen-bond donors (Lipinski definition) is 1. The molecule has 0 radical (unpaired) electrons. The number of hydrogen-bond acceptors (Lipinski definition) is 4. The molecule has 2 aromatic rings. The molecule has 1 atom stereocenters. The Morgan fingerprint density at radius 3 is 2.89 bits per heavy atom. The van der Waals surface area contributed by atoms with Gasteiger partial charge in [-0.15, -0.1) is 11.3 Å². The Hall–Kier alpha value is -0.750. The lowest BCUT2D eigenvalue weighted by Gasteiger charge is -2.25. The van der Waals surface area contributed by atoms with Crippen LogP contribution in [-0.2, 0) is 6.54 Å². The van der Waals surface area contributed by atoms with Gasteiger partial charge in [0.25, 0.3) is 0 Å². The summed E-state index contributed by atoms with van der Waals surface area (Å²) in [7, 11) is 2.08. The molecule has 1 unspecified atom stereocenters. The number of rotatable bonds is 5. The minimum absolute atomic E-state index is 0.159. The summed E-state index contributed by atoms with van der Waals surface area (Å²) in [5, 5.41) is 2.10. The van der Waals surface area contributed by atoms with Crippen molar-refractivity contribution >= 4 is 27.3 Å². The zero-order chi connectivity index (χ0) is 13.0. The fourth-order valence-corrected chi connectivity index (χ4v) is 3.41. The minimum Gasteiger partial charge on any atom is -0.329 e. The van der Waals surface area contributed by atoms with Crippen molar-refractivity contribution < 1.29 is 0 Å². The third-order valence-electron chi connectivity index (χ3n) is 2.81. The van der Waals surface area contributed by atoms with Crippen LogP contribution in [0.3, 0.4) is 0 Å². The Balaban J connectivity index is 2.08. The lowest BCUT2D eigenvalue weighted by molar-refractivity contribution is 0.239. The Kier molecular flexibility index (Phi) is 4.88. The molecule has 5 heteroatoms. The number of aromatic nitrogens is 1. The fourth-order valence-electron chi connectivity index (χ4n) is 1.89. The quantitative estimate of drug-likeness (QED) is 0.918. The molecule has 2 aromatic heterocycles. The number of nitrogens with two attached hydrogens (primary N) is 1. The van der Waals surface area contributed by atoms with E-state index in [1.807, 2.05) is 24.4 Å². The van der Waals surface area contributed by atoms with E-state index in [1.54, 1.807) is 11.3 Å². The van der Waals surface area contributed by atoms with Crippen molar-refractivity contribution in [2.75, 3.05) is 13.6 Å². The van der Waals surface area contributed by atoms with Crippen LogP contribution in [0.25, 0.3) is 0 Å².